The molecule has 3 rings (SSSR count). The van der Waals surface area contributed by atoms with E-state index in [-0.39, 0.29) is 16.8 Å². The van der Waals surface area contributed by atoms with Crippen LogP contribution in [0.4, 0.5) is 0 Å². The Bertz CT molecular complexity index is 867. The molecule has 1 heterocycles. The number of nitrogens with zero attached hydrogens (tertiary/aromatic N) is 1. The van der Waals surface area contributed by atoms with Gasteiger partial charge >= 0.3 is 0 Å². The first kappa shape index (κ1) is 19.5. The smallest absolute Gasteiger partial charge is 0.251 e. The third-order valence-corrected chi connectivity index (χ3v) is 6.60. The van der Waals surface area contributed by atoms with Gasteiger partial charge < -0.3 is 10.1 Å². The van der Waals surface area contributed by atoms with Gasteiger partial charge in [-0.2, -0.15) is 4.31 Å². The first-order valence-corrected chi connectivity index (χ1v) is 10.4. The van der Waals surface area contributed by atoms with Crippen molar-refractivity contribution in [3.8, 4) is 0 Å². The molecule has 2 aromatic carbocycles. The Hall–Kier alpha value is -2.22. The molecule has 144 valence electrons. The molecule has 7 heteroatoms. The molecule has 27 heavy (non-hydrogen) atoms. The maximum atomic E-state index is 12.8. The number of rotatable bonds is 6. The van der Waals surface area contributed by atoms with Gasteiger partial charge in [0.1, 0.15) is 0 Å². The molecule has 1 amide bonds. The van der Waals surface area contributed by atoms with Crippen molar-refractivity contribution in [2.45, 2.75) is 24.3 Å². The Morgan fingerprint density at radius 3 is 2.52 bits per heavy atom. The summed E-state index contributed by atoms with van der Waals surface area (Å²) in [5.41, 5.74) is 1.59. The minimum Gasteiger partial charge on any atom is -0.378 e. The summed E-state index contributed by atoms with van der Waals surface area (Å²) in [5, 5.41) is 2.86. The lowest BCUT2D eigenvalue weighted by Gasteiger charge is -2.32. The zero-order chi connectivity index (χ0) is 19.3. The van der Waals surface area contributed by atoms with Crippen LogP contribution in [0.2, 0.25) is 0 Å². The second-order valence-corrected chi connectivity index (χ2v) is 8.45. The third-order valence-electron chi connectivity index (χ3n) is 4.57. The van der Waals surface area contributed by atoms with Crippen LogP contribution in [0, 0.1) is 0 Å². The van der Waals surface area contributed by atoms with E-state index in [1.165, 1.54) is 16.4 Å². The minimum atomic E-state index is -3.59. The van der Waals surface area contributed by atoms with Gasteiger partial charge in [0.15, 0.2) is 0 Å². The first-order valence-electron chi connectivity index (χ1n) is 9.00. The molecule has 0 aliphatic carbocycles. The van der Waals surface area contributed by atoms with Crippen LogP contribution in [-0.4, -0.2) is 51.0 Å². The van der Waals surface area contributed by atoms with E-state index >= 15 is 0 Å². The molecule has 6 nitrogen and oxygen atoms in total. The number of carbonyl (C=O) groups is 1. The van der Waals surface area contributed by atoms with Gasteiger partial charge in [-0.15, -0.1) is 0 Å². The van der Waals surface area contributed by atoms with Gasteiger partial charge in [-0.05, 0) is 43.2 Å². The molecule has 0 bridgehead atoms. The van der Waals surface area contributed by atoms with E-state index in [0.29, 0.717) is 31.9 Å². The average Bonchev–Trinajstić information content (AvgIpc) is 2.69. The number of hydrogen-bond donors (Lipinski definition) is 1. The van der Waals surface area contributed by atoms with Crippen molar-refractivity contribution in [2.75, 3.05) is 26.3 Å². The van der Waals surface area contributed by atoms with Crippen LogP contribution >= 0.6 is 0 Å². The Morgan fingerprint density at radius 1 is 1.15 bits per heavy atom. The highest BCUT2D eigenvalue weighted by Gasteiger charge is 2.31. The zero-order valence-corrected chi connectivity index (χ0v) is 16.1. The lowest BCUT2D eigenvalue weighted by Crippen LogP contribution is -2.46. The Morgan fingerprint density at radius 2 is 1.85 bits per heavy atom. The zero-order valence-electron chi connectivity index (χ0n) is 15.3. The molecule has 1 aliphatic rings. The normalized spacial score (nSPS) is 18.2. The largest absolute Gasteiger partial charge is 0.378 e. The van der Waals surface area contributed by atoms with Crippen LogP contribution in [-0.2, 0) is 21.2 Å². The molecule has 0 radical (unpaired) electrons. The van der Waals surface area contributed by atoms with E-state index in [0.717, 1.165) is 12.0 Å². The fraction of sp³-hybridized carbons (Fsp3) is 0.350. The molecule has 2 aromatic rings. The number of ether oxygens (including phenoxy) is 1. The molecular formula is C20H24N2O4S. The summed E-state index contributed by atoms with van der Waals surface area (Å²) >= 11 is 0. The van der Waals surface area contributed by atoms with E-state index in [4.69, 9.17) is 4.74 Å². The number of hydrogen-bond acceptors (Lipinski definition) is 4. The summed E-state index contributed by atoms with van der Waals surface area (Å²) in [6.45, 7) is 3.47. The molecule has 1 unspecified atom stereocenters. The molecule has 1 saturated heterocycles. The minimum absolute atomic E-state index is 0.192. The second kappa shape index (κ2) is 8.65. The van der Waals surface area contributed by atoms with Gasteiger partial charge in [-0.1, -0.05) is 30.3 Å². The summed E-state index contributed by atoms with van der Waals surface area (Å²) in [7, 11) is -3.59. The lowest BCUT2D eigenvalue weighted by atomic mass is 10.1. The average molecular weight is 388 g/mol. The second-order valence-electron chi connectivity index (χ2n) is 6.56. The number of carbonyl (C=O) groups excluding carboxylic acids is 1. The maximum Gasteiger partial charge on any atom is 0.251 e. The van der Waals surface area contributed by atoms with Crippen molar-refractivity contribution in [1.29, 1.82) is 0 Å². The predicted molar refractivity (Wildman–Crippen MR) is 103 cm³/mol. The number of amides is 1. The highest BCUT2D eigenvalue weighted by molar-refractivity contribution is 7.89. The van der Waals surface area contributed by atoms with Gasteiger partial charge in [-0.25, -0.2) is 8.42 Å². The summed E-state index contributed by atoms with van der Waals surface area (Å²) in [4.78, 5) is 12.5. The molecule has 0 saturated carbocycles. The third kappa shape index (κ3) is 4.74. The highest BCUT2D eigenvalue weighted by Crippen LogP contribution is 2.21. The van der Waals surface area contributed by atoms with Crippen LogP contribution in [0.5, 0.6) is 0 Å². The van der Waals surface area contributed by atoms with Gasteiger partial charge in [0, 0.05) is 24.7 Å². The summed E-state index contributed by atoms with van der Waals surface area (Å²) in [5.74, 6) is -0.213. The van der Waals surface area contributed by atoms with E-state index in [2.05, 4.69) is 5.32 Å². The summed E-state index contributed by atoms with van der Waals surface area (Å²) in [6, 6.07) is 15.8. The van der Waals surface area contributed by atoms with E-state index in [9.17, 15) is 13.2 Å². The van der Waals surface area contributed by atoms with E-state index in [1.54, 1.807) is 12.1 Å². The molecule has 0 aromatic heterocycles. The highest BCUT2D eigenvalue weighted by atomic mass is 32.2. The topological polar surface area (TPSA) is 75.7 Å². The molecule has 1 atom stereocenters. The molecule has 1 N–H and O–H groups in total. The van der Waals surface area contributed by atoms with Crippen molar-refractivity contribution < 1.29 is 17.9 Å². The summed E-state index contributed by atoms with van der Waals surface area (Å²) in [6.07, 6.45) is 0.744. The number of morpholine rings is 1. The number of sulfonamides is 1. The van der Waals surface area contributed by atoms with Crippen molar-refractivity contribution in [2.24, 2.45) is 0 Å². The quantitative estimate of drug-likeness (QED) is 0.822. The SMILES string of the molecule is CC1COCCN1S(=O)(=O)c1ccc(C(=O)NCCc2ccccc2)cc1. The Balaban J connectivity index is 1.61. The predicted octanol–water partition coefficient (Wildman–Crippen LogP) is 2.07. The van der Waals surface area contributed by atoms with Gasteiger partial charge in [-0.3, -0.25) is 4.79 Å². The summed E-state index contributed by atoms with van der Waals surface area (Å²) < 4.78 is 32.3. The van der Waals surface area contributed by atoms with Crippen molar-refractivity contribution in [3.63, 3.8) is 0 Å². The Labute approximate surface area is 160 Å². The number of benzene rings is 2. The molecular weight excluding hydrogens is 364 g/mol. The van der Waals surface area contributed by atoms with Crippen LogP contribution < -0.4 is 5.32 Å². The van der Waals surface area contributed by atoms with E-state index in [1.807, 2.05) is 37.3 Å². The maximum absolute atomic E-state index is 12.8. The van der Waals surface area contributed by atoms with Crippen molar-refractivity contribution in [3.05, 3.63) is 65.7 Å². The van der Waals surface area contributed by atoms with Crippen LogP contribution in [0.25, 0.3) is 0 Å². The van der Waals surface area contributed by atoms with Gasteiger partial charge in [0.05, 0.1) is 18.1 Å². The Kier molecular flexibility index (Phi) is 6.26. The van der Waals surface area contributed by atoms with Crippen LogP contribution in [0.3, 0.4) is 0 Å². The van der Waals surface area contributed by atoms with Crippen LogP contribution in [0.1, 0.15) is 22.8 Å². The number of nitrogens with one attached hydrogen (secondary N) is 1. The van der Waals surface area contributed by atoms with E-state index < -0.39 is 10.0 Å². The van der Waals surface area contributed by atoms with Gasteiger partial charge in [0.2, 0.25) is 10.0 Å². The van der Waals surface area contributed by atoms with Gasteiger partial charge in [0.25, 0.3) is 5.91 Å². The fourth-order valence-electron chi connectivity index (χ4n) is 3.05. The molecule has 0 spiro atoms. The molecule has 1 aliphatic heterocycles. The first-order chi connectivity index (χ1) is 13.0. The monoisotopic (exact) mass is 388 g/mol. The van der Waals surface area contributed by atoms with Crippen molar-refractivity contribution >= 4 is 15.9 Å². The van der Waals surface area contributed by atoms with Crippen LogP contribution in [0.15, 0.2) is 59.5 Å². The fourth-order valence-corrected chi connectivity index (χ4v) is 4.65. The standard InChI is InChI=1S/C20H24N2O4S/c1-16-15-26-14-13-22(16)27(24,25)19-9-7-18(8-10-19)20(23)21-12-11-17-5-3-2-4-6-17/h2-10,16H,11-15H2,1H3,(H,21,23). The van der Waals surface area contributed by atoms with Crippen molar-refractivity contribution in [1.82, 2.24) is 9.62 Å². The lowest BCUT2D eigenvalue weighted by molar-refractivity contribution is 0.0393. The molecule has 1 fully saturated rings.